The summed E-state index contributed by atoms with van der Waals surface area (Å²) >= 11 is 6.01. The van der Waals surface area contributed by atoms with Crippen LogP contribution in [0.25, 0.3) is 6.08 Å². The van der Waals surface area contributed by atoms with Gasteiger partial charge in [0.2, 0.25) is 0 Å². The highest BCUT2D eigenvalue weighted by Gasteiger charge is 2.13. The molecule has 2 aromatic carbocycles. The van der Waals surface area contributed by atoms with Crippen molar-refractivity contribution in [2.24, 2.45) is 0 Å². The fraction of sp³-hybridized carbons (Fsp3) is 0.150. The summed E-state index contributed by atoms with van der Waals surface area (Å²) in [7, 11) is 3.08. The molecule has 4 nitrogen and oxygen atoms in total. The van der Waals surface area contributed by atoms with Gasteiger partial charge in [0.25, 0.3) is 0 Å². The van der Waals surface area contributed by atoms with Crippen LogP contribution in [-0.2, 0) is 0 Å². The quantitative estimate of drug-likeness (QED) is 0.581. The first-order valence-corrected chi connectivity index (χ1v) is 8.06. The molecule has 25 heavy (non-hydrogen) atoms. The van der Waals surface area contributed by atoms with Crippen molar-refractivity contribution >= 4 is 23.5 Å². The van der Waals surface area contributed by atoms with Gasteiger partial charge in [0.05, 0.1) is 19.8 Å². The molecular formula is C20H17ClO4. The Labute approximate surface area is 151 Å². The SMILES string of the molecule is COc1ccc(OC)c(C(=O)/C=C/C2=Cc3cc(Cl)ccc3OC2)c1. The van der Waals surface area contributed by atoms with E-state index in [4.69, 9.17) is 25.8 Å². The molecule has 0 spiro atoms. The van der Waals surface area contributed by atoms with Crippen molar-refractivity contribution in [3.05, 3.63) is 70.3 Å². The molecule has 1 aliphatic heterocycles. The number of hydrogen-bond acceptors (Lipinski definition) is 4. The molecule has 1 aliphatic rings. The molecule has 0 atom stereocenters. The number of ketones is 1. The Kier molecular flexibility index (Phi) is 5.10. The fourth-order valence-electron chi connectivity index (χ4n) is 2.54. The van der Waals surface area contributed by atoms with Crippen molar-refractivity contribution in [3.63, 3.8) is 0 Å². The summed E-state index contributed by atoms with van der Waals surface area (Å²) in [6, 6.07) is 10.6. The van der Waals surface area contributed by atoms with Crippen LogP contribution in [0.4, 0.5) is 0 Å². The Bertz CT molecular complexity index is 868. The Morgan fingerprint density at radius 3 is 2.76 bits per heavy atom. The summed E-state index contributed by atoms with van der Waals surface area (Å²) in [6.07, 6.45) is 5.20. The molecule has 1 heterocycles. The van der Waals surface area contributed by atoms with E-state index in [2.05, 4.69) is 0 Å². The smallest absolute Gasteiger partial charge is 0.189 e. The van der Waals surface area contributed by atoms with E-state index >= 15 is 0 Å². The monoisotopic (exact) mass is 356 g/mol. The van der Waals surface area contributed by atoms with Crippen molar-refractivity contribution in [1.29, 1.82) is 0 Å². The predicted octanol–water partition coefficient (Wildman–Crippen LogP) is 4.57. The number of carbonyl (C=O) groups is 1. The van der Waals surface area contributed by atoms with Crippen LogP contribution in [-0.4, -0.2) is 26.6 Å². The number of hydrogen-bond donors (Lipinski definition) is 0. The van der Waals surface area contributed by atoms with Crippen molar-refractivity contribution in [2.45, 2.75) is 0 Å². The molecule has 0 unspecified atom stereocenters. The fourth-order valence-corrected chi connectivity index (χ4v) is 2.72. The van der Waals surface area contributed by atoms with Gasteiger partial charge < -0.3 is 14.2 Å². The predicted molar refractivity (Wildman–Crippen MR) is 97.9 cm³/mol. The largest absolute Gasteiger partial charge is 0.497 e. The minimum atomic E-state index is -0.173. The number of methoxy groups -OCH3 is 2. The molecule has 5 heteroatoms. The second kappa shape index (κ2) is 7.45. The molecule has 0 aromatic heterocycles. The number of rotatable bonds is 5. The van der Waals surface area contributed by atoms with E-state index in [1.54, 1.807) is 37.5 Å². The van der Waals surface area contributed by atoms with Gasteiger partial charge in [0, 0.05) is 10.6 Å². The zero-order valence-corrected chi connectivity index (χ0v) is 14.7. The number of benzene rings is 2. The highest BCUT2D eigenvalue weighted by Crippen LogP contribution is 2.29. The molecule has 2 aromatic rings. The van der Waals surface area contributed by atoms with Gasteiger partial charge in [-0.2, -0.15) is 0 Å². The summed E-state index contributed by atoms with van der Waals surface area (Å²) in [4.78, 5) is 12.5. The van der Waals surface area contributed by atoms with Gasteiger partial charge in [-0.05, 0) is 54.1 Å². The molecule has 0 radical (unpaired) electrons. The number of fused-ring (bicyclic) bond motifs is 1. The zero-order chi connectivity index (χ0) is 17.8. The van der Waals surface area contributed by atoms with Gasteiger partial charge in [-0.15, -0.1) is 0 Å². The van der Waals surface area contributed by atoms with Crippen LogP contribution >= 0.6 is 11.6 Å². The maximum absolute atomic E-state index is 12.5. The van der Waals surface area contributed by atoms with E-state index in [0.29, 0.717) is 28.7 Å². The van der Waals surface area contributed by atoms with Gasteiger partial charge in [0.1, 0.15) is 23.9 Å². The molecule has 128 valence electrons. The molecule has 0 bridgehead atoms. The molecule has 0 saturated heterocycles. The van der Waals surface area contributed by atoms with E-state index in [0.717, 1.165) is 16.9 Å². The topological polar surface area (TPSA) is 44.8 Å². The van der Waals surface area contributed by atoms with Crippen molar-refractivity contribution in [1.82, 2.24) is 0 Å². The van der Waals surface area contributed by atoms with Gasteiger partial charge in [0.15, 0.2) is 5.78 Å². The molecule has 0 N–H and O–H groups in total. The average Bonchev–Trinajstić information content (AvgIpc) is 2.65. The van der Waals surface area contributed by atoms with Crippen LogP contribution in [0.1, 0.15) is 15.9 Å². The Morgan fingerprint density at radius 1 is 1.16 bits per heavy atom. The van der Waals surface area contributed by atoms with Crippen molar-refractivity contribution in [2.75, 3.05) is 20.8 Å². The lowest BCUT2D eigenvalue weighted by atomic mass is 10.0. The van der Waals surface area contributed by atoms with Crippen LogP contribution in [0.15, 0.2) is 54.1 Å². The van der Waals surface area contributed by atoms with Crippen molar-refractivity contribution in [3.8, 4) is 17.2 Å². The maximum atomic E-state index is 12.5. The van der Waals surface area contributed by atoms with E-state index in [-0.39, 0.29) is 5.78 Å². The van der Waals surface area contributed by atoms with Gasteiger partial charge in [-0.25, -0.2) is 0 Å². The number of halogens is 1. The summed E-state index contributed by atoms with van der Waals surface area (Å²) in [5, 5.41) is 0.640. The second-order valence-electron chi connectivity index (χ2n) is 5.45. The van der Waals surface area contributed by atoms with Crippen LogP contribution < -0.4 is 14.2 Å². The van der Waals surface area contributed by atoms with Crippen LogP contribution in [0.3, 0.4) is 0 Å². The second-order valence-corrected chi connectivity index (χ2v) is 5.89. The third-order valence-electron chi connectivity index (χ3n) is 3.83. The number of allylic oxidation sites excluding steroid dienone is 1. The molecule has 0 saturated carbocycles. The minimum Gasteiger partial charge on any atom is -0.497 e. The average molecular weight is 357 g/mol. The number of carbonyl (C=O) groups excluding carboxylic acids is 1. The lowest BCUT2D eigenvalue weighted by Crippen LogP contribution is -2.06. The van der Waals surface area contributed by atoms with Gasteiger partial charge in [-0.1, -0.05) is 17.7 Å². The van der Waals surface area contributed by atoms with Crippen molar-refractivity contribution < 1.29 is 19.0 Å². The van der Waals surface area contributed by atoms with Crippen LogP contribution in [0.5, 0.6) is 17.2 Å². The molecule has 0 amide bonds. The first-order valence-electron chi connectivity index (χ1n) is 7.68. The first-order chi connectivity index (χ1) is 12.1. The van der Waals surface area contributed by atoms with E-state index in [1.807, 2.05) is 18.2 Å². The Balaban J connectivity index is 1.84. The zero-order valence-electron chi connectivity index (χ0n) is 13.9. The molecule has 0 fully saturated rings. The van der Waals surface area contributed by atoms with Gasteiger partial charge >= 0.3 is 0 Å². The normalized spacial score (nSPS) is 13.0. The lowest BCUT2D eigenvalue weighted by molar-refractivity contribution is 0.104. The lowest BCUT2D eigenvalue weighted by Gasteiger charge is -2.16. The summed E-state index contributed by atoms with van der Waals surface area (Å²) in [5.41, 5.74) is 2.22. The van der Waals surface area contributed by atoms with E-state index < -0.39 is 0 Å². The molecular weight excluding hydrogens is 340 g/mol. The third kappa shape index (κ3) is 3.86. The highest BCUT2D eigenvalue weighted by molar-refractivity contribution is 6.30. The van der Waals surface area contributed by atoms with Crippen LogP contribution in [0.2, 0.25) is 5.02 Å². The minimum absolute atomic E-state index is 0.173. The van der Waals surface area contributed by atoms with E-state index in [9.17, 15) is 4.79 Å². The summed E-state index contributed by atoms with van der Waals surface area (Å²) in [6.45, 7) is 0.396. The number of ether oxygens (including phenoxy) is 3. The summed E-state index contributed by atoms with van der Waals surface area (Å²) in [5.74, 6) is 1.71. The Morgan fingerprint density at radius 2 is 2.00 bits per heavy atom. The molecule has 3 rings (SSSR count). The Hall–Kier alpha value is -2.72. The van der Waals surface area contributed by atoms with Gasteiger partial charge in [-0.3, -0.25) is 4.79 Å². The molecule has 0 aliphatic carbocycles. The standard InChI is InChI=1S/C20H17ClO4/c1-23-16-5-8-20(24-2)17(11-16)18(22)6-3-13-9-14-10-15(21)4-7-19(14)25-12-13/h3-11H,12H2,1-2H3/b6-3+. The first kappa shape index (κ1) is 17.1. The van der Waals surface area contributed by atoms with Crippen LogP contribution in [0, 0.1) is 0 Å². The third-order valence-corrected chi connectivity index (χ3v) is 4.06. The summed E-state index contributed by atoms with van der Waals surface area (Å²) < 4.78 is 16.1. The highest BCUT2D eigenvalue weighted by atomic mass is 35.5. The van der Waals surface area contributed by atoms with E-state index in [1.165, 1.54) is 13.2 Å². The maximum Gasteiger partial charge on any atom is 0.189 e.